The predicted octanol–water partition coefficient (Wildman–Crippen LogP) is 1.56. The van der Waals surface area contributed by atoms with E-state index in [2.05, 4.69) is 16.6 Å². The molecule has 0 fully saturated rings. The lowest BCUT2D eigenvalue weighted by Crippen LogP contribution is -2.27. The molecule has 1 rings (SSSR count). The van der Waals surface area contributed by atoms with Crippen molar-refractivity contribution in [1.82, 2.24) is 4.72 Å². The Kier molecular flexibility index (Phi) is 6.52. The maximum absolute atomic E-state index is 11.7. The number of nitrogens with one attached hydrogen (secondary N) is 1. The first kappa shape index (κ1) is 16.2. The summed E-state index contributed by atoms with van der Waals surface area (Å²) in [6, 6.07) is 3.73. The minimum atomic E-state index is -3.20. The zero-order valence-corrected chi connectivity index (χ0v) is 12.8. The van der Waals surface area contributed by atoms with Gasteiger partial charge in [0.15, 0.2) is 0 Å². The van der Waals surface area contributed by atoms with Crippen molar-refractivity contribution in [3.05, 3.63) is 21.9 Å². The van der Waals surface area contributed by atoms with Gasteiger partial charge in [0.25, 0.3) is 0 Å². The van der Waals surface area contributed by atoms with E-state index in [9.17, 15) is 8.42 Å². The van der Waals surface area contributed by atoms with Gasteiger partial charge in [-0.1, -0.05) is 25.7 Å². The van der Waals surface area contributed by atoms with Crippen LogP contribution in [-0.4, -0.2) is 25.9 Å². The lowest BCUT2D eigenvalue weighted by molar-refractivity contribution is 0.305. The first-order valence-electron chi connectivity index (χ1n) is 6.08. The van der Waals surface area contributed by atoms with Gasteiger partial charge in [-0.3, -0.25) is 0 Å². The molecule has 0 aliphatic heterocycles. The molecule has 2 N–H and O–H groups in total. The van der Waals surface area contributed by atoms with Gasteiger partial charge in [0.1, 0.15) is 0 Å². The van der Waals surface area contributed by atoms with Crippen molar-refractivity contribution in [2.24, 2.45) is 5.92 Å². The predicted molar refractivity (Wildman–Crippen MR) is 78.4 cm³/mol. The Morgan fingerprint density at radius 2 is 2.16 bits per heavy atom. The van der Waals surface area contributed by atoms with Gasteiger partial charge in [-0.2, -0.15) is 0 Å². The molecule has 0 saturated heterocycles. The van der Waals surface area contributed by atoms with Gasteiger partial charge < -0.3 is 5.11 Å². The summed E-state index contributed by atoms with van der Waals surface area (Å²) >= 11 is 1.46. The largest absolute Gasteiger partial charge is 0.395 e. The van der Waals surface area contributed by atoms with E-state index in [4.69, 9.17) is 5.11 Å². The van der Waals surface area contributed by atoms with Crippen LogP contribution in [0.1, 0.15) is 30.0 Å². The number of hydrogen-bond acceptors (Lipinski definition) is 4. The van der Waals surface area contributed by atoms with Crippen molar-refractivity contribution >= 4 is 21.4 Å². The Bertz CT molecular complexity index is 550. The summed E-state index contributed by atoms with van der Waals surface area (Å²) in [5.41, 5.74) is 0. The Morgan fingerprint density at radius 3 is 2.79 bits per heavy atom. The normalized spacial score (nSPS) is 11.4. The van der Waals surface area contributed by atoms with Crippen LogP contribution in [0, 0.1) is 17.8 Å². The van der Waals surface area contributed by atoms with Gasteiger partial charge in [-0.15, -0.1) is 11.3 Å². The molecule has 0 unspecified atom stereocenters. The molecule has 0 aromatic carbocycles. The highest BCUT2D eigenvalue weighted by Gasteiger charge is 2.12. The lowest BCUT2D eigenvalue weighted by Gasteiger charge is -2.07. The average molecular weight is 301 g/mol. The third-order valence-electron chi connectivity index (χ3n) is 2.13. The van der Waals surface area contributed by atoms with E-state index in [0.717, 1.165) is 9.75 Å². The fraction of sp³-hybridized carbons (Fsp3) is 0.538. The average Bonchev–Trinajstić information content (AvgIpc) is 2.73. The summed E-state index contributed by atoms with van der Waals surface area (Å²) in [6.07, 6.45) is 0.453. The van der Waals surface area contributed by atoms with Gasteiger partial charge >= 0.3 is 0 Å². The van der Waals surface area contributed by atoms with Crippen LogP contribution in [0.25, 0.3) is 0 Å². The van der Waals surface area contributed by atoms with Crippen molar-refractivity contribution in [2.45, 2.75) is 26.8 Å². The van der Waals surface area contributed by atoms with E-state index < -0.39 is 10.0 Å². The summed E-state index contributed by atoms with van der Waals surface area (Å²) in [5, 5.41) is 8.62. The molecule has 0 amide bonds. The van der Waals surface area contributed by atoms with Crippen LogP contribution in [0.3, 0.4) is 0 Å². The molecule has 0 bridgehead atoms. The molecule has 0 radical (unpaired) electrons. The van der Waals surface area contributed by atoms with Crippen LogP contribution in [-0.2, 0) is 16.6 Å². The highest BCUT2D eigenvalue weighted by molar-refractivity contribution is 7.89. The number of sulfonamides is 1. The molecule has 1 heterocycles. The molecule has 0 spiro atoms. The molecular formula is C13H19NO3S2. The molecule has 0 aliphatic rings. The standard InChI is InChI=1S/C13H19NO3S2/c1-11(2)10-19(16,17)14-9-13-7-6-12(18-13)5-3-4-8-15/h6-7,11,14-15H,4,8-10H2,1-2H3. The second-order valence-electron chi connectivity index (χ2n) is 4.54. The quantitative estimate of drug-likeness (QED) is 0.784. The fourth-order valence-corrected chi connectivity index (χ4v) is 3.71. The molecular weight excluding hydrogens is 282 g/mol. The van der Waals surface area contributed by atoms with Crippen LogP contribution in [0.4, 0.5) is 0 Å². The summed E-state index contributed by atoms with van der Waals surface area (Å²) in [4.78, 5) is 1.81. The smallest absolute Gasteiger partial charge is 0.212 e. The third kappa shape index (κ3) is 6.73. The van der Waals surface area contributed by atoms with Gasteiger partial charge in [0.05, 0.1) is 17.2 Å². The molecule has 0 atom stereocenters. The van der Waals surface area contributed by atoms with Crippen molar-refractivity contribution < 1.29 is 13.5 Å². The number of aliphatic hydroxyl groups is 1. The van der Waals surface area contributed by atoms with Gasteiger partial charge in [-0.25, -0.2) is 13.1 Å². The van der Waals surface area contributed by atoms with Crippen molar-refractivity contribution in [3.63, 3.8) is 0 Å². The van der Waals surface area contributed by atoms with Crippen LogP contribution in [0.2, 0.25) is 0 Å². The van der Waals surface area contributed by atoms with E-state index in [1.165, 1.54) is 11.3 Å². The van der Waals surface area contributed by atoms with E-state index in [1.54, 1.807) is 0 Å². The minimum Gasteiger partial charge on any atom is -0.395 e. The molecule has 6 heteroatoms. The second-order valence-corrected chi connectivity index (χ2v) is 7.56. The Balaban J connectivity index is 2.53. The molecule has 4 nitrogen and oxygen atoms in total. The molecule has 19 heavy (non-hydrogen) atoms. The minimum absolute atomic E-state index is 0.0558. The van der Waals surface area contributed by atoms with E-state index in [1.807, 2.05) is 26.0 Å². The highest BCUT2D eigenvalue weighted by Crippen LogP contribution is 2.15. The van der Waals surface area contributed by atoms with Crippen molar-refractivity contribution in [3.8, 4) is 11.8 Å². The molecule has 1 aromatic rings. The number of aliphatic hydroxyl groups excluding tert-OH is 1. The summed E-state index contributed by atoms with van der Waals surface area (Å²) in [7, 11) is -3.20. The Morgan fingerprint density at radius 1 is 1.42 bits per heavy atom. The zero-order chi connectivity index (χ0) is 14.3. The SMILES string of the molecule is CC(C)CS(=O)(=O)NCc1ccc(C#CCCO)s1. The van der Waals surface area contributed by atoms with Gasteiger partial charge in [-0.05, 0) is 18.1 Å². The van der Waals surface area contributed by atoms with E-state index >= 15 is 0 Å². The fourth-order valence-electron chi connectivity index (χ4n) is 1.42. The third-order valence-corrected chi connectivity index (χ3v) is 4.82. The Hall–Kier alpha value is -0.870. The topological polar surface area (TPSA) is 66.4 Å². The van der Waals surface area contributed by atoms with Crippen molar-refractivity contribution in [2.75, 3.05) is 12.4 Å². The van der Waals surface area contributed by atoms with Crippen LogP contribution < -0.4 is 4.72 Å². The molecule has 1 aromatic heterocycles. The maximum Gasteiger partial charge on any atom is 0.212 e. The molecule has 0 aliphatic carbocycles. The first-order chi connectivity index (χ1) is 8.93. The van der Waals surface area contributed by atoms with Crippen LogP contribution in [0.15, 0.2) is 12.1 Å². The van der Waals surface area contributed by atoms with E-state index in [-0.39, 0.29) is 18.3 Å². The summed E-state index contributed by atoms with van der Waals surface area (Å²) < 4.78 is 25.9. The monoisotopic (exact) mass is 301 g/mol. The highest BCUT2D eigenvalue weighted by atomic mass is 32.2. The molecule has 106 valence electrons. The van der Waals surface area contributed by atoms with Gasteiger partial charge in [0.2, 0.25) is 10.0 Å². The maximum atomic E-state index is 11.7. The molecule has 0 saturated carbocycles. The summed E-state index contributed by atoms with van der Waals surface area (Å²) in [5.74, 6) is 6.01. The van der Waals surface area contributed by atoms with Crippen molar-refractivity contribution in [1.29, 1.82) is 0 Å². The second kappa shape index (κ2) is 7.65. The number of hydrogen-bond donors (Lipinski definition) is 2. The van der Waals surface area contributed by atoms with Gasteiger partial charge in [0, 0.05) is 17.8 Å². The number of rotatable bonds is 6. The lowest BCUT2D eigenvalue weighted by atomic mass is 10.3. The van der Waals surface area contributed by atoms with Crippen LogP contribution >= 0.6 is 11.3 Å². The zero-order valence-electron chi connectivity index (χ0n) is 11.1. The van der Waals surface area contributed by atoms with Crippen LogP contribution in [0.5, 0.6) is 0 Å². The summed E-state index contributed by atoms with van der Waals surface area (Å²) in [6.45, 7) is 4.11. The number of thiophene rings is 1. The van der Waals surface area contributed by atoms with E-state index in [0.29, 0.717) is 13.0 Å². The Labute approximate surface area is 118 Å². The first-order valence-corrected chi connectivity index (χ1v) is 8.55.